The molecule has 3 aliphatic heterocycles. The third-order valence-electron chi connectivity index (χ3n) is 9.33. The van der Waals surface area contributed by atoms with Crippen molar-refractivity contribution < 1.29 is 37.0 Å². The Balaban J connectivity index is 1.26. The fraction of sp³-hybridized carbons (Fsp3) is 0.394. The first-order chi connectivity index (χ1) is 24.2. The molecular weight excluding hydrogens is 700 g/mol. The van der Waals surface area contributed by atoms with E-state index in [1.54, 1.807) is 9.47 Å². The predicted molar refractivity (Wildman–Crippen MR) is 177 cm³/mol. The Morgan fingerprint density at radius 1 is 1.12 bits per heavy atom. The number of piperazine rings is 1. The number of alkyl halides is 3. The van der Waals surface area contributed by atoms with Crippen LogP contribution < -0.4 is 15.8 Å². The maximum Gasteiger partial charge on any atom is 0.416 e. The van der Waals surface area contributed by atoms with Crippen LogP contribution in [0.4, 0.5) is 28.9 Å². The van der Waals surface area contributed by atoms with E-state index in [1.165, 1.54) is 11.8 Å². The van der Waals surface area contributed by atoms with E-state index in [2.05, 4.69) is 15.4 Å². The molecule has 2 amide bonds. The van der Waals surface area contributed by atoms with E-state index in [9.17, 15) is 37.1 Å². The second-order valence-corrected chi connectivity index (χ2v) is 13.1. The smallest absolute Gasteiger partial charge is 0.416 e. The number of carbonyl (C=O) groups is 2. The van der Waals surface area contributed by atoms with Gasteiger partial charge in [0.1, 0.15) is 11.7 Å². The highest BCUT2D eigenvalue weighted by Gasteiger charge is 2.41. The number of hydrogen-bond acceptors (Lipinski definition) is 9. The van der Waals surface area contributed by atoms with Crippen LogP contribution in [0.5, 0.6) is 5.75 Å². The number of aromatic hydroxyl groups is 1. The van der Waals surface area contributed by atoms with Gasteiger partial charge in [0.2, 0.25) is 11.7 Å². The lowest BCUT2D eigenvalue weighted by molar-refractivity contribution is -0.137. The van der Waals surface area contributed by atoms with E-state index >= 15 is 0 Å². The Bertz CT molecular complexity index is 2180. The maximum absolute atomic E-state index is 14.3. The molecule has 51 heavy (non-hydrogen) atoms. The topological polar surface area (TPSA) is 147 Å². The van der Waals surface area contributed by atoms with Crippen LogP contribution in [0.15, 0.2) is 35.1 Å². The van der Waals surface area contributed by atoms with Crippen LogP contribution in [-0.4, -0.2) is 85.4 Å². The van der Waals surface area contributed by atoms with Gasteiger partial charge in [0.25, 0.3) is 11.5 Å². The van der Waals surface area contributed by atoms with Crippen LogP contribution in [0.3, 0.4) is 0 Å². The molecule has 0 radical (unpaired) electrons. The van der Waals surface area contributed by atoms with E-state index in [-0.39, 0.29) is 66.4 Å². The SMILES string of the molecule is Cc1cc(F)c(O)c(C(=O)N2CCN(c3c4n(c5nc(C6=CCOCC6)nn5c3=O)C(C(=O)Nc3ccc(C(F)(F)F)cc3Cl)CC4C)CC2)n1. The molecule has 18 heteroatoms. The van der Waals surface area contributed by atoms with E-state index in [0.717, 1.165) is 34.4 Å². The van der Waals surface area contributed by atoms with Gasteiger partial charge in [-0.1, -0.05) is 24.6 Å². The van der Waals surface area contributed by atoms with Crippen molar-refractivity contribution in [3.05, 3.63) is 80.0 Å². The summed E-state index contributed by atoms with van der Waals surface area (Å²) in [6, 6.07) is 2.71. The minimum absolute atomic E-state index is 0.0163. The number of carbonyl (C=O) groups excluding carboxylic acids is 2. The number of rotatable bonds is 5. The molecule has 3 aliphatic rings. The first kappa shape index (κ1) is 34.4. The molecule has 1 aromatic carbocycles. The van der Waals surface area contributed by atoms with Gasteiger partial charge in [0.15, 0.2) is 23.1 Å². The van der Waals surface area contributed by atoms with Crippen molar-refractivity contribution in [2.75, 3.05) is 49.6 Å². The summed E-state index contributed by atoms with van der Waals surface area (Å²) in [5.74, 6) is -3.01. The highest BCUT2D eigenvalue weighted by molar-refractivity contribution is 6.33. The Labute approximate surface area is 292 Å². The Kier molecular flexibility index (Phi) is 8.73. The number of nitrogens with zero attached hydrogens (tertiary/aromatic N) is 7. The number of ether oxygens (including phenoxy) is 1. The number of fused-ring (bicyclic) bond motifs is 3. The van der Waals surface area contributed by atoms with Gasteiger partial charge in [-0.2, -0.15) is 22.7 Å². The Morgan fingerprint density at radius 2 is 1.86 bits per heavy atom. The van der Waals surface area contributed by atoms with Gasteiger partial charge in [-0.25, -0.2) is 9.37 Å². The highest BCUT2D eigenvalue weighted by Crippen LogP contribution is 2.42. The summed E-state index contributed by atoms with van der Waals surface area (Å²) in [6.45, 7) is 4.67. The first-order valence-corrected chi connectivity index (χ1v) is 16.5. The molecule has 13 nitrogen and oxygen atoms in total. The number of aromatic nitrogens is 5. The van der Waals surface area contributed by atoms with Gasteiger partial charge in [0, 0.05) is 37.8 Å². The summed E-state index contributed by atoms with van der Waals surface area (Å²) < 4.78 is 62.2. The summed E-state index contributed by atoms with van der Waals surface area (Å²) in [5, 5.41) is 17.1. The molecule has 2 atom stereocenters. The quantitative estimate of drug-likeness (QED) is 0.282. The predicted octanol–water partition coefficient (Wildman–Crippen LogP) is 4.56. The minimum atomic E-state index is -4.62. The van der Waals surface area contributed by atoms with Gasteiger partial charge in [0.05, 0.1) is 35.2 Å². The van der Waals surface area contributed by atoms with Crippen LogP contribution >= 0.6 is 11.6 Å². The summed E-state index contributed by atoms with van der Waals surface area (Å²) in [6.07, 6.45) is -2.09. The zero-order valence-corrected chi connectivity index (χ0v) is 28.1. The Hall–Kier alpha value is -5.03. The molecule has 4 aromatic rings. The fourth-order valence-electron chi connectivity index (χ4n) is 6.81. The van der Waals surface area contributed by atoms with Gasteiger partial charge in [-0.3, -0.25) is 19.0 Å². The van der Waals surface area contributed by atoms with Crippen LogP contribution in [0, 0.1) is 12.7 Å². The van der Waals surface area contributed by atoms with Gasteiger partial charge in [-0.15, -0.1) is 5.10 Å². The summed E-state index contributed by atoms with van der Waals surface area (Å²) in [7, 11) is 0. The summed E-state index contributed by atoms with van der Waals surface area (Å²) in [4.78, 5) is 53.4. The van der Waals surface area contributed by atoms with Crippen molar-refractivity contribution in [2.24, 2.45) is 0 Å². The molecular formula is C33H31ClF4N8O5. The van der Waals surface area contributed by atoms with Crippen molar-refractivity contribution in [1.29, 1.82) is 0 Å². The molecule has 0 bridgehead atoms. The molecule has 0 aliphatic carbocycles. The average Bonchev–Trinajstić information content (AvgIpc) is 3.69. The van der Waals surface area contributed by atoms with Crippen LogP contribution in [0.25, 0.3) is 11.4 Å². The maximum atomic E-state index is 14.3. The largest absolute Gasteiger partial charge is 0.503 e. The lowest BCUT2D eigenvalue weighted by Crippen LogP contribution is -2.51. The molecule has 6 heterocycles. The molecule has 0 saturated carbocycles. The van der Waals surface area contributed by atoms with Crippen molar-refractivity contribution in [1.82, 2.24) is 29.0 Å². The molecule has 7 rings (SSSR count). The number of nitrogens with one attached hydrogen (secondary N) is 1. The lowest BCUT2D eigenvalue weighted by Gasteiger charge is -2.36. The van der Waals surface area contributed by atoms with Crippen LogP contribution in [0.1, 0.15) is 65.0 Å². The molecule has 1 saturated heterocycles. The first-order valence-electron chi connectivity index (χ1n) is 16.1. The zero-order chi connectivity index (χ0) is 36.4. The van der Waals surface area contributed by atoms with E-state index < -0.39 is 52.4 Å². The van der Waals surface area contributed by atoms with E-state index in [0.29, 0.717) is 31.2 Å². The molecule has 1 fully saturated rings. The molecule has 3 aromatic heterocycles. The third-order valence-corrected chi connectivity index (χ3v) is 9.64. The summed E-state index contributed by atoms with van der Waals surface area (Å²) >= 11 is 6.17. The van der Waals surface area contributed by atoms with Crippen molar-refractivity contribution in [3.8, 4) is 5.75 Å². The summed E-state index contributed by atoms with van der Waals surface area (Å²) in [5.41, 5.74) is -0.124. The van der Waals surface area contributed by atoms with Crippen molar-refractivity contribution in [3.63, 3.8) is 0 Å². The second-order valence-electron chi connectivity index (χ2n) is 12.7. The Morgan fingerprint density at radius 3 is 2.53 bits per heavy atom. The number of pyridine rings is 1. The molecule has 2 N–H and O–H groups in total. The highest BCUT2D eigenvalue weighted by atomic mass is 35.5. The monoisotopic (exact) mass is 730 g/mol. The number of hydrogen-bond donors (Lipinski definition) is 2. The number of anilines is 2. The lowest BCUT2D eigenvalue weighted by atomic mass is 10.0. The van der Waals surface area contributed by atoms with Gasteiger partial charge >= 0.3 is 6.18 Å². The fourth-order valence-corrected chi connectivity index (χ4v) is 7.04. The van der Waals surface area contributed by atoms with Crippen LogP contribution in [-0.2, 0) is 15.7 Å². The van der Waals surface area contributed by atoms with Crippen molar-refractivity contribution >= 4 is 46.1 Å². The van der Waals surface area contributed by atoms with Gasteiger partial charge < -0.3 is 25.0 Å². The normalized spacial score (nSPS) is 19.3. The van der Waals surface area contributed by atoms with E-state index in [1.807, 2.05) is 13.0 Å². The number of benzene rings is 1. The minimum Gasteiger partial charge on any atom is -0.503 e. The molecule has 0 spiro atoms. The number of halogens is 5. The van der Waals surface area contributed by atoms with Crippen molar-refractivity contribution in [2.45, 2.75) is 44.8 Å². The zero-order valence-electron chi connectivity index (χ0n) is 27.3. The van der Waals surface area contributed by atoms with E-state index in [4.69, 9.17) is 21.3 Å². The molecule has 268 valence electrons. The van der Waals surface area contributed by atoms with Crippen LogP contribution in [0.2, 0.25) is 5.02 Å². The molecule has 2 unspecified atom stereocenters. The standard InChI is InChI=1S/C33H31ClF4N8O5/c1-16-13-23(29(48)40-22-4-3-19(15-20(22)34)33(36,37)38)45-25(16)26(31(50)46-32(45)41-28(42-46)18-5-11-51-12-6-18)43-7-9-44(10-8-43)30(49)24-27(47)21(35)14-17(2)39-24/h3-5,14-16,23,47H,6-13H2,1-2H3,(H,40,48). The number of aryl methyl sites for hydroxylation is 1. The van der Waals surface area contributed by atoms with Gasteiger partial charge in [-0.05, 0) is 49.6 Å². The number of amides is 2. The second kappa shape index (κ2) is 12.9. The third kappa shape index (κ3) is 6.17. The average molecular weight is 731 g/mol.